The van der Waals surface area contributed by atoms with Crippen LogP contribution in [0.2, 0.25) is 21.6 Å². The van der Waals surface area contributed by atoms with E-state index in [4.69, 9.17) is 16.0 Å². The summed E-state index contributed by atoms with van der Waals surface area (Å²) in [4.78, 5) is 27.1. The zero-order chi connectivity index (χ0) is 26.0. The van der Waals surface area contributed by atoms with E-state index in [1.807, 2.05) is 32.9 Å². The van der Waals surface area contributed by atoms with Gasteiger partial charge in [0.1, 0.15) is 0 Å². The van der Waals surface area contributed by atoms with Gasteiger partial charge in [-0.15, -0.1) is 0 Å². The Balaban J connectivity index is 2.36. The monoisotopic (exact) mass is 509 g/mol. The van der Waals surface area contributed by atoms with Crippen molar-refractivity contribution in [3.8, 4) is 0 Å². The lowest BCUT2D eigenvalue weighted by Gasteiger charge is -2.44. The fourth-order valence-corrected chi connectivity index (χ4v) is 11.7. The highest BCUT2D eigenvalue weighted by Gasteiger charge is 2.45. The second-order valence-electron chi connectivity index (χ2n) is 11.9. The van der Waals surface area contributed by atoms with Crippen molar-refractivity contribution in [3.63, 3.8) is 0 Å². The number of ketones is 1. The molecular formula is C27H44ClNO4Si. The highest BCUT2D eigenvalue weighted by atomic mass is 35.5. The Bertz CT molecular complexity index is 856. The van der Waals surface area contributed by atoms with E-state index in [9.17, 15) is 14.7 Å². The van der Waals surface area contributed by atoms with Crippen molar-refractivity contribution in [2.75, 3.05) is 6.54 Å². The molecule has 1 fully saturated rings. The Labute approximate surface area is 212 Å². The maximum absolute atomic E-state index is 13.8. The van der Waals surface area contributed by atoms with E-state index in [1.54, 1.807) is 6.07 Å². The molecule has 0 bridgehead atoms. The Morgan fingerprint density at radius 2 is 1.68 bits per heavy atom. The van der Waals surface area contributed by atoms with Crippen molar-refractivity contribution in [3.05, 3.63) is 34.3 Å². The quantitative estimate of drug-likeness (QED) is 0.284. The fourth-order valence-electron chi connectivity index (χ4n) is 6.08. The molecule has 0 aromatic heterocycles. The Morgan fingerprint density at radius 3 is 2.15 bits per heavy atom. The Hall–Kier alpha value is -1.37. The molecule has 1 aromatic rings. The Kier molecular flexibility index (Phi) is 9.45. The van der Waals surface area contributed by atoms with Gasteiger partial charge < -0.3 is 14.4 Å². The second-order valence-corrected chi connectivity index (χ2v) is 17.7. The van der Waals surface area contributed by atoms with Crippen LogP contribution < -0.4 is 0 Å². The molecule has 0 aliphatic carbocycles. The van der Waals surface area contributed by atoms with Crippen LogP contribution in [0.1, 0.15) is 91.1 Å². The first-order valence-electron chi connectivity index (χ1n) is 12.6. The lowest BCUT2D eigenvalue weighted by atomic mass is 9.75. The molecule has 0 radical (unpaired) electrons. The molecule has 1 saturated heterocycles. The highest BCUT2D eigenvalue weighted by molar-refractivity contribution is 6.77. The van der Waals surface area contributed by atoms with Crippen LogP contribution in [0.5, 0.6) is 0 Å². The van der Waals surface area contributed by atoms with Crippen molar-refractivity contribution in [1.29, 1.82) is 0 Å². The molecule has 192 valence electrons. The average Bonchev–Trinajstić information content (AvgIpc) is 2.72. The van der Waals surface area contributed by atoms with E-state index >= 15 is 0 Å². The van der Waals surface area contributed by atoms with Gasteiger partial charge >= 0.3 is 6.09 Å². The molecule has 2 atom stereocenters. The number of likely N-dealkylation sites (tertiary alicyclic amines) is 1. The van der Waals surface area contributed by atoms with E-state index in [1.165, 1.54) is 4.90 Å². The number of carbonyl (C=O) groups excluding carboxylic acids is 1. The molecule has 1 aliphatic heterocycles. The zero-order valence-electron chi connectivity index (χ0n) is 22.4. The smallest absolute Gasteiger partial charge is 0.407 e. The summed E-state index contributed by atoms with van der Waals surface area (Å²) in [5, 5.41) is 10.2. The van der Waals surface area contributed by atoms with Crippen molar-refractivity contribution in [2.45, 2.75) is 104 Å². The van der Waals surface area contributed by atoms with Crippen molar-refractivity contribution in [1.82, 2.24) is 4.90 Å². The average molecular weight is 510 g/mol. The first kappa shape index (κ1) is 28.9. The number of piperidine rings is 1. The van der Waals surface area contributed by atoms with Gasteiger partial charge in [-0.3, -0.25) is 4.79 Å². The van der Waals surface area contributed by atoms with E-state index in [2.05, 4.69) is 41.5 Å². The molecule has 34 heavy (non-hydrogen) atoms. The molecule has 0 spiro atoms. The zero-order valence-corrected chi connectivity index (χ0v) is 24.2. The summed E-state index contributed by atoms with van der Waals surface area (Å²) in [5.74, 6) is -0.189. The molecular weight excluding hydrogens is 466 g/mol. The summed E-state index contributed by atoms with van der Waals surface area (Å²) in [6, 6.07) is 5.30. The van der Waals surface area contributed by atoms with Gasteiger partial charge in [0, 0.05) is 29.1 Å². The summed E-state index contributed by atoms with van der Waals surface area (Å²) in [6.07, 6.45) is 0.122. The molecule has 1 aromatic carbocycles. The number of halogens is 1. The normalized spacial score (nSPS) is 19.9. The summed E-state index contributed by atoms with van der Waals surface area (Å²) in [6.45, 7) is 20.4. The van der Waals surface area contributed by atoms with Crippen LogP contribution in [0.4, 0.5) is 4.79 Å². The number of rotatable bonds is 8. The van der Waals surface area contributed by atoms with Crippen molar-refractivity contribution >= 4 is 31.8 Å². The molecule has 0 saturated carbocycles. The highest BCUT2D eigenvalue weighted by Crippen LogP contribution is 2.43. The SMILES string of the molecule is CC(C)[Si](OCc1ccc(Cl)cc1C(=O)C1CCN(C(=O)O)C(C(C)(C)C)C1)(C(C)C)C(C)C. The van der Waals surface area contributed by atoms with Crippen LogP contribution >= 0.6 is 11.6 Å². The third kappa shape index (κ3) is 6.06. The van der Waals surface area contributed by atoms with Crippen LogP contribution in [0.25, 0.3) is 0 Å². The molecule has 1 aliphatic rings. The topological polar surface area (TPSA) is 66.8 Å². The summed E-state index contributed by atoms with van der Waals surface area (Å²) < 4.78 is 6.80. The van der Waals surface area contributed by atoms with Gasteiger partial charge in [0.05, 0.1) is 6.61 Å². The number of benzene rings is 1. The van der Waals surface area contributed by atoms with Gasteiger partial charge in [-0.05, 0) is 52.6 Å². The minimum Gasteiger partial charge on any atom is -0.465 e. The third-order valence-corrected chi connectivity index (χ3v) is 14.0. The number of carbonyl (C=O) groups is 2. The number of nitrogens with zero attached hydrogens (tertiary/aromatic N) is 1. The fraction of sp³-hybridized carbons (Fsp3) is 0.704. The number of hydrogen-bond donors (Lipinski definition) is 1. The van der Waals surface area contributed by atoms with E-state index in [-0.39, 0.29) is 23.2 Å². The number of amides is 1. The first-order chi connectivity index (χ1) is 15.6. The Morgan fingerprint density at radius 1 is 1.12 bits per heavy atom. The van der Waals surface area contributed by atoms with Gasteiger partial charge in [-0.1, -0.05) is 80.0 Å². The van der Waals surface area contributed by atoms with Gasteiger partial charge in [0.2, 0.25) is 8.32 Å². The lowest BCUT2D eigenvalue weighted by Crippen LogP contribution is -2.52. The second kappa shape index (κ2) is 11.1. The number of Topliss-reactive ketones (excluding diaryl/α,β-unsaturated/α-hetero) is 1. The largest absolute Gasteiger partial charge is 0.465 e. The molecule has 1 amide bonds. The van der Waals surface area contributed by atoms with Gasteiger partial charge in [0.25, 0.3) is 0 Å². The van der Waals surface area contributed by atoms with Gasteiger partial charge in [-0.2, -0.15) is 0 Å². The van der Waals surface area contributed by atoms with E-state index in [0.717, 1.165) is 5.56 Å². The van der Waals surface area contributed by atoms with Gasteiger partial charge in [0.15, 0.2) is 5.78 Å². The predicted octanol–water partition coefficient (Wildman–Crippen LogP) is 8.02. The van der Waals surface area contributed by atoms with E-state index in [0.29, 0.717) is 53.2 Å². The third-order valence-electron chi connectivity index (χ3n) is 7.74. The van der Waals surface area contributed by atoms with Crippen LogP contribution in [0.3, 0.4) is 0 Å². The van der Waals surface area contributed by atoms with Crippen LogP contribution in [-0.4, -0.2) is 42.8 Å². The summed E-state index contributed by atoms with van der Waals surface area (Å²) in [5.41, 5.74) is 2.59. The van der Waals surface area contributed by atoms with Crippen LogP contribution in [-0.2, 0) is 11.0 Å². The molecule has 2 unspecified atom stereocenters. The summed E-state index contributed by atoms with van der Waals surface area (Å²) >= 11 is 6.34. The molecule has 7 heteroatoms. The number of hydrogen-bond acceptors (Lipinski definition) is 3. The maximum atomic E-state index is 13.8. The predicted molar refractivity (Wildman–Crippen MR) is 142 cm³/mol. The standard InChI is InChI=1S/C27H44ClNO4Si/c1-17(2)34(18(3)4,19(5)6)33-16-21-10-11-22(28)15-23(21)25(30)20-12-13-29(26(31)32)24(14-20)27(7,8)9/h10-11,15,17-20,24H,12-14,16H2,1-9H3,(H,31,32). The molecule has 5 nitrogen and oxygen atoms in total. The molecule has 1 heterocycles. The summed E-state index contributed by atoms with van der Waals surface area (Å²) in [7, 11) is -2.10. The van der Waals surface area contributed by atoms with Crippen LogP contribution in [0.15, 0.2) is 18.2 Å². The molecule has 2 rings (SSSR count). The van der Waals surface area contributed by atoms with Crippen LogP contribution in [0, 0.1) is 11.3 Å². The molecule has 1 N–H and O–H groups in total. The van der Waals surface area contributed by atoms with Crippen molar-refractivity contribution in [2.24, 2.45) is 11.3 Å². The van der Waals surface area contributed by atoms with Crippen molar-refractivity contribution < 1.29 is 19.1 Å². The van der Waals surface area contributed by atoms with E-state index < -0.39 is 14.4 Å². The van der Waals surface area contributed by atoms with Gasteiger partial charge in [-0.25, -0.2) is 4.79 Å². The minimum atomic E-state index is -2.10. The minimum absolute atomic E-state index is 0.0475. The number of carboxylic acid groups (broad SMARTS) is 1. The maximum Gasteiger partial charge on any atom is 0.407 e. The first-order valence-corrected chi connectivity index (χ1v) is 15.1. The lowest BCUT2D eigenvalue weighted by molar-refractivity contribution is 0.0376.